The minimum atomic E-state index is -0.236. The Bertz CT molecular complexity index is 513. The Morgan fingerprint density at radius 1 is 0.952 bits per heavy atom. The Morgan fingerprint density at radius 3 is 2.38 bits per heavy atom. The zero-order chi connectivity index (χ0) is 14.9. The van der Waals surface area contributed by atoms with E-state index in [2.05, 4.69) is 36.2 Å². The first-order valence-electron chi connectivity index (χ1n) is 7.35. The molecule has 0 unspecified atom stereocenters. The molecule has 2 aromatic carbocycles. The molecule has 0 amide bonds. The van der Waals surface area contributed by atoms with Crippen LogP contribution in [0.4, 0.5) is 4.39 Å². The van der Waals surface area contributed by atoms with Crippen molar-refractivity contribution >= 4 is 0 Å². The van der Waals surface area contributed by atoms with Crippen molar-refractivity contribution in [1.29, 1.82) is 0 Å². The zero-order valence-electron chi connectivity index (χ0n) is 12.5. The van der Waals surface area contributed by atoms with Gasteiger partial charge in [-0.2, -0.15) is 0 Å². The molecule has 21 heavy (non-hydrogen) atoms. The summed E-state index contributed by atoms with van der Waals surface area (Å²) in [5.74, 6) is 0.481. The van der Waals surface area contributed by atoms with Gasteiger partial charge < -0.3 is 9.64 Å². The number of nitrogens with zero attached hydrogens (tertiary/aromatic N) is 1. The second-order valence-corrected chi connectivity index (χ2v) is 5.19. The molecule has 0 bridgehead atoms. The Hall–Kier alpha value is -1.87. The summed E-state index contributed by atoms with van der Waals surface area (Å²) >= 11 is 0. The molecule has 0 aromatic heterocycles. The molecular weight excluding hydrogens is 265 g/mol. The monoisotopic (exact) mass is 287 g/mol. The Labute approximate surface area is 126 Å². The van der Waals surface area contributed by atoms with Gasteiger partial charge in [0.15, 0.2) is 0 Å². The lowest BCUT2D eigenvalue weighted by molar-refractivity contribution is 0.236. The maximum Gasteiger partial charge on any atom is 0.123 e. The molecule has 0 radical (unpaired) electrons. The van der Waals surface area contributed by atoms with E-state index in [1.165, 1.54) is 17.7 Å². The van der Waals surface area contributed by atoms with Crippen LogP contribution in [0.1, 0.15) is 12.0 Å². The van der Waals surface area contributed by atoms with Gasteiger partial charge >= 0.3 is 0 Å². The lowest BCUT2D eigenvalue weighted by Crippen LogP contribution is -2.25. The molecule has 3 heteroatoms. The van der Waals surface area contributed by atoms with E-state index < -0.39 is 0 Å². The molecule has 2 rings (SSSR count). The number of likely N-dealkylation sites (N-methyl/N-ethyl adjacent to an activating group) is 1. The largest absolute Gasteiger partial charge is 0.492 e. The highest BCUT2D eigenvalue weighted by molar-refractivity contribution is 5.22. The standard InChI is InChI=1S/C18H22FNO/c1-20(13-5-8-16-6-3-2-4-7-16)14-15-21-18-11-9-17(19)10-12-18/h2-4,6-7,9-12H,5,8,13-15H2,1H3. The van der Waals surface area contributed by atoms with Crippen LogP contribution in [0, 0.1) is 5.82 Å². The van der Waals surface area contributed by atoms with Crippen LogP contribution in [0.5, 0.6) is 5.75 Å². The summed E-state index contributed by atoms with van der Waals surface area (Å²) in [5.41, 5.74) is 1.38. The molecule has 0 saturated carbocycles. The van der Waals surface area contributed by atoms with E-state index in [1.54, 1.807) is 12.1 Å². The molecule has 0 aliphatic carbocycles. The van der Waals surface area contributed by atoms with Crippen molar-refractivity contribution in [3.63, 3.8) is 0 Å². The maximum atomic E-state index is 12.8. The first-order chi connectivity index (χ1) is 10.2. The van der Waals surface area contributed by atoms with Gasteiger partial charge in [-0.05, 0) is 56.3 Å². The van der Waals surface area contributed by atoms with E-state index in [9.17, 15) is 4.39 Å². The summed E-state index contributed by atoms with van der Waals surface area (Å²) in [6, 6.07) is 16.7. The fourth-order valence-corrected chi connectivity index (χ4v) is 2.16. The zero-order valence-corrected chi connectivity index (χ0v) is 12.5. The summed E-state index contributed by atoms with van der Waals surface area (Å²) < 4.78 is 18.3. The lowest BCUT2D eigenvalue weighted by atomic mass is 10.1. The van der Waals surface area contributed by atoms with Crippen LogP contribution in [-0.2, 0) is 6.42 Å². The normalized spacial score (nSPS) is 10.8. The van der Waals surface area contributed by atoms with E-state index in [0.29, 0.717) is 12.4 Å². The van der Waals surface area contributed by atoms with Crippen LogP contribution in [0.25, 0.3) is 0 Å². The average Bonchev–Trinajstić information content (AvgIpc) is 2.50. The van der Waals surface area contributed by atoms with Gasteiger partial charge in [0.05, 0.1) is 0 Å². The number of ether oxygens (including phenoxy) is 1. The molecule has 0 saturated heterocycles. The first-order valence-corrected chi connectivity index (χ1v) is 7.35. The highest BCUT2D eigenvalue weighted by atomic mass is 19.1. The summed E-state index contributed by atoms with van der Waals surface area (Å²) in [7, 11) is 2.10. The maximum absolute atomic E-state index is 12.8. The fourth-order valence-electron chi connectivity index (χ4n) is 2.16. The predicted molar refractivity (Wildman–Crippen MR) is 84.2 cm³/mol. The number of benzene rings is 2. The third-order valence-electron chi connectivity index (χ3n) is 3.40. The molecule has 0 aliphatic heterocycles. The number of hydrogen-bond donors (Lipinski definition) is 0. The summed E-state index contributed by atoms with van der Waals surface area (Å²) in [5, 5.41) is 0. The second kappa shape index (κ2) is 8.42. The summed E-state index contributed by atoms with van der Waals surface area (Å²) in [6.45, 7) is 2.53. The fraction of sp³-hybridized carbons (Fsp3) is 0.333. The van der Waals surface area contributed by atoms with Crippen molar-refractivity contribution in [1.82, 2.24) is 4.90 Å². The van der Waals surface area contributed by atoms with Crippen LogP contribution in [-0.4, -0.2) is 31.6 Å². The highest BCUT2D eigenvalue weighted by Gasteiger charge is 2.00. The molecule has 0 aliphatic rings. The molecule has 0 atom stereocenters. The predicted octanol–water partition coefficient (Wildman–Crippen LogP) is 3.77. The third kappa shape index (κ3) is 5.96. The van der Waals surface area contributed by atoms with Crippen molar-refractivity contribution in [2.24, 2.45) is 0 Å². The number of hydrogen-bond acceptors (Lipinski definition) is 2. The van der Waals surface area contributed by atoms with Gasteiger partial charge in [0.25, 0.3) is 0 Å². The number of aryl methyl sites for hydroxylation is 1. The second-order valence-electron chi connectivity index (χ2n) is 5.19. The molecule has 0 N–H and O–H groups in total. The van der Waals surface area contributed by atoms with E-state index in [1.807, 2.05) is 6.07 Å². The van der Waals surface area contributed by atoms with Crippen LogP contribution >= 0.6 is 0 Å². The number of halogens is 1. The smallest absolute Gasteiger partial charge is 0.123 e. The van der Waals surface area contributed by atoms with Gasteiger partial charge in [0.2, 0.25) is 0 Å². The topological polar surface area (TPSA) is 12.5 Å². The summed E-state index contributed by atoms with van der Waals surface area (Å²) in [4.78, 5) is 2.26. The van der Waals surface area contributed by atoms with Gasteiger partial charge in [0, 0.05) is 6.54 Å². The Morgan fingerprint density at radius 2 is 1.67 bits per heavy atom. The SMILES string of the molecule is CN(CCCc1ccccc1)CCOc1ccc(F)cc1. The molecular formula is C18H22FNO. The molecule has 0 heterocycles. The van der Waals surface area contributed by atoms with Gasteiger partial charge in [0.1, 0.15) is 18.2 Å². The van der Waals surface area contributed by atoms with Gasteiger partial charge in [-0.25, -0.2) is 4.39 Å². The minimum Gasteiger partial charge on any atom is -0.492 e. The summed E-state index contributed by atoms with van der Waals surface area (Å²) in [6.07, 6.45) is 2.24. The van der Waals surface area contributed by atoms with Gasteiger partial charge in [-0.1, -0.05) is 30.3 Å². The quantitative estimate of drug-likeness (QED) is 0.733. The Balaban J connectivity index is 1.59. The third-order valence-corrected chi connectivity index (χ3v) is 3.40. The highest BCUT2D eigenvalue weighted by Crippen LogP contribution is 2.10. The molecule has 0 fully saturated rings. The van der Waals surface area contributed by atoms with E-state index in [-0.39, 0.29) is 5.82 Å². The van der Waals surface area contributed by atoms with Crippen molar-refractivity contribution in [2.75, 3.05) is 26.7 Å². The van der Waals surface area contributed by atoms with Crippen molar-refractivity contribution in [3.05, 3.63) is 66.0 Å². The average molecular weight is 287 g/mol. The molecule has 112 valence electrons. The van der Waals surface area contributed by atoms with Crippen molar-refractivity contribution < 1.29 is 9.13 Å². The van der Waals surface area contributed by atoms with Gasteiger partial charge in [-0.15, -0.1) is 0 Å². The Kier molecular flexibility index (Phi) is 6.22. The first kappa shape index (κ1) is 15.5. The molecule has 2 aromatic rings. The van der Waals surface area contributed by atoms with E-state index in [4.69, 9.17) is 4.74 Å². The minimum absolute atomic E-state index is 0.236. The van der Waals surface area contributed by atoms with Crippen molar-refractivity contribution in [2.45, 2.75) is 12.8 Å². The van der Waals surface area contributed by atoms with E-state index >= 15 is 0 Å². The molecule has 2 nitrogen and oxygen atoms in total. The van der Waals surface area contributed by atoms with Crippen LogP contribution in [0.15, 0.2) is 54.6 Å². The number of rotatable bonds is 8. The lowest BCUT2D eigenvalue weighted by Gasteiger charge is -2.16. The van der Waals surface area contributed by atoms with Crippen LogP contribution < -0.4 is 4.74 Å². The van der Waals surface area contributed by atoms with Crippen LogP contribution in [0.2, 0.25) is 0 Å². The van der Waals surface area contributed by atoms with Crippen LogP contribution in [0.3, 0.4) is 0 Å². The van der Waals surface area contributed by atoms with E-state index in [0.717, 1.165) is 25.9 Å². The van der Waals surface area contributed by atoms with Gasteiger partial charge in [-0.3, -0.25) is 0 Å². The molecule has 0 spiro atoms. The van der Waals surface area contributed by atoms with Crippen molar-refractivity contribution in [3.8, 4) is 5.75 Å².